The molecule has 1 atom stereocenters. The Balaban J connectivity index is 1.47. The minimum atomic E-state index is -0.960. The maximum Gasteiger partial charge on any atom is 0.336 e. The standard InChI is InChI=1S/C32H25BrN2O3/c1-18-27-16-22(31(36)34-19(2)20-7-11-24(33)12-8-20)10-14-29(27)35-17-23-5-3-4-6-25(23)21-9-13-26(32(37)38)28(15-21)30(18)35/h3-16,19H,17H2,1-2H3,(H,34,36)(H,37,38). The number of rotatable bonds is 4. The average molecular weight is 565 g/mol. The third-order valence-corrected chi connectivity index (χ3v) is 7.99. The number of carboxylic acid groups (broad SMARTS) is 1. The Labute approximate surface area is 228 Å². The van der Waals surface area contributed by atoms with E-state index in [0.29, 0.717) is 17.7 Å². The van der Waals surface area contributed by atoms with Gasteiger partial charge in [0, 0.05) is 33.0 Å². The maximum atomic E-state index is 13.2. The van der Waals surface area contributed by atoms with Gasteiger partial charge in [-0.25, -0.2) is 4.79 Å². The largest absolute Gasteiger partial charge is 0.478 e. The molecule has 38 heavy (non-hydrogen) atoms. The first kappa shape index (κ1) is 24.2. The van der Waals surface area contributed by atoms with Gasteiger partial charge in [0.2, 0.25) is 0 Å². The van der Waals surface area contributed by atoms with Gasteiger partial charge >= 0.3 is 5.97 Å². The van der Waals surface area contributed by atoms with E-state index in [2.05, 4.69) is 37.9 Å². The molecule has 1 aliphatic rings. The smallest absolute Gasteiger partial charge is 0.336 e. The highest BCUT2D eigenvalue weighted by molar-refractivity contribution is 9.10. The summed E-state index contributed by atoms with van der Waals surface area (Å²) < 4.78 is 3.17. The number of fused-ring (bicyclic) bond motifs is 8. The van der Waals surface area contributed by atoms with Gasteiger partial charge in [0.15, 0.2) is 0 Å². The van der Waals surface area contributed by atoms with Crippen LogP contribution >= 0.6 is 15.9 Å². The van der Waals surface area contributed by atoms with E-state index >= 15 is 0 Å². The Kier molecular flexibility index (Phi) is 5.92. The molecule has 6 rings (SSSR count). The number of hydrogen-bond donors (Lipinski definition) is 2. The summed E-state index contributed by atoms with van der Waals surface area (Å²) in [6.07, 6.45) is 0. The van der Waals surface area contributed by atoms with E-state index < -0.39 is 5.97 Å². The fourth-order valence-corrected chi connectivity index (χ4v) is 5.76. The van der Waals surface area contributed by atoms with E-state index in [1.165, 1.54) is 0 Å². The summed E-state index contributed by atoms with van der Waals surface area (Å²) >= 11 is 3.45. The van der Waals surface area contributed by atoms with E-state index in [4.69, 9.17) is 0 Å². The van der Waals surface area contributed by atoms with E-state index in [1.807, 2.05) is 80.6 Å². The number of amides is 1. The first-order valence-corrected chi connectivity index (χ1v) is 13.3. The van der Waals surface area contributed by atoms with Crippen LogP contribution in [0.25, 0.3) is 33.3 Å². The predicted molar refractivity (Wildman–Crippen MR) is 154 cm³/mol. The molecule has 188 valence electrons. The summed E-state index contributed by atoms with van der Waals surface area (Å²) in [4.78, 5) is 25.5. The van der Waals surface area contributed by atoms with Gasteiger partial charge in [0.25, 0.3) is 5.91 Å². The first-order chi connectivity index (χ1) is 18.3. The summed E-state index contributed by atoms with van der Waals surface area (Å²) in [5, 5.41) is 14.0. The average Bonchev–Trinajstić information content (AvgIpc) is 3.18. The normalized spacial score (nSPS) is 12.7. The number of aryl methyl sites for hydroxylation is 1. The Morgan fingerprint density at radius 1 is 0.947 bits per heavy atom. The number of carbonyl (C=O) groups excluding carboxylic acids is 1. The second kappa shape index (κ2) is 9.30. The number of carboxylic acids is 1. The van der Waals surface area contributed by atoms with Crippen molar-refractivity contribution in [3.05, 3.63) is 117 Å². The molecule has 0 saturated heterocycles. The van der Waals surface area contributed by atoms with Gasteiger partial charge in [-0.3, -0.25) is 4.79 Å². The van der Waals surface area contributed by atoms with Crippen LogP contribution in [0.2, 0.25) is 0 Å². The van der Waals surface area contributed by atoms with Crippen LogP contribution in [0, 0.1) is 6.92 Å². The maximum absolute atomic E-state index is 13.2. The van der Waals surface area contributed by atoms with Crippen molar-refractivity contribution in [2.24, 2.45) is 0 Å². The lowest BCUT2D eigenvalue weighted by molar-refractivity contribution is 0.0697. The molecule has 5 nitrogen and oxygen atoms in total. The lowest BCUT2D eigenvalue weighted by atomic mass is 9.91. The number of aromatic carboxylic acids is 1. The zero-order valence-corrected chi connectivity index (χ0v) is 22.5. The molecule has 4 aromatic carbocycles. The van der Waals surface area contributed by atoms with Crippen molar-refractivity contribution in [2.45, 2.75) is 26.4 Å². The lowest BCUT2D eigenvalue weighted by Gasteiger charge is -2.21. The monoisotopic (exact) mass is 564 g/mol. The first-order valence-electron chi connectivity index (χ1n) is 12.5. The zero-order chi connectivity index (χ0) is 26.6. The van der Waals surface area contributed by atoms with E-state index in [1.54, 1.807) is 6.07 Å². The number of hydrogen-bond acceptors (Lipinski definition) is 2. The van der Waals surface area contributed by atoms with Crippen LogP contribution in [0.15, 0.2) is 89.4 Å². The number of halogens is 1. The van der Waals surface area contributed by atoms with Crippen molar-refractivity contribution in [1.29, 1.82) is 0 Å². The Morgan fingerprint density at radius 2 is 1.71 bits per heavy atom. The third kappa shape index (κ3) is 4.02. The van der Waals surface area contributed by atoms with Crippen LogP contribution in [-0.2, 0) is 6.54 Å². The molecular weight excluding hydrogens is 540 g/mol. The van der Waals surface area contributed by atoms with E-state index in [9.17, 15) is 14.7 Å². The molecule has 0 aliphatic carbocycles. The molecule has 1 aliphatic heterocycles. The van der Waals surface area contributed by atoms with Crippen LogP contribution in [0.5, 0.6) is 0 Å². The minimum Gasteiger partial charge on any atom is -0.478 e. The lowest BCUT2D eigenvalue weighted by Crippen LogP contribution is -2.26. The second-order valence-electron chi connectivity index (χ2n) is 9.76. The zero-order valence-electron chi connectivity index (χ0n) is 21.0. The molecule has 2 bridgehead atoms. The number of carbonyl (C=O) groups is 2. The number of aromatic nitrogens is 1. The molecule has 6 heteroatoms. The molecular formula is C32H25BrN2O3. The molecule has 1 aromatic heterocycles. The van der Waals surface area contributed by atoms with Gasteiger partial charge in [-0.2, -0.15) is 0 Å². The van der Waals surface area contributed by atoms with Gasteiger partial charge in [0.05, 0.1) is 17.3 Å². The molecule has 2 N–H and O–H groups in total. The Morgan fingerprint density at radius 3 is 2.47 bits per heavy atom. The summed E-state index contributed by atoms with van der Waals surface area (Å²) in [5.74, 6) is -1.11. The highest BCUT2D eigenvalue weighted by Gasteiger charge is 2.25. The van der Waals surface area contributed by atoms with Gasteiger partial charge < -0.3 is 15.0 Å². The molecule has 0 spiro atoms. The number of benzene rings is 4. The second-order valence-corrected chi connectivity index (χ2v) is 10.7. The topological polar surface area (TPSA) is 71.3 Å². The Hall–Kier alpha value is -4.16. The van der Waals surface area contributed by atoms with Gasteiger partial charge in [-0.05, 0) is 84.1 Å². The van der Waals surface area contributed by atoms with Crippen LogP contribution in [0.4, 0.5) is 0 Å². The molecule has 1 unspecified atom stereocenters. The number of nitrogens with zero attached hydrogens (tertiary/aromatic N) is 1. The van der Waals surface area contributed by atoms with E-state index in [-0.39, 0.29) is 17.5 Å². The summed E-state index contributed by atoms with van der Waals surface area (Å²) in [7, 11) is 0. The van der Waals surface area contributed by atoms with Crippen LogP contribution in [-0.4, -0.2) is 21.6 Å². The van der Waals surface area contributed by atoms with Crippen molar-refractivity contribution < 1.29 is 14.7 Å². The van der Waals surface area contributed by atoms with Crippen LogP contribution in [0.3, 0.4) is 0 Å². The summed E-state index contributed by atoms with van der Waals surface area (Å²) in [5.41, 5.74) is 8.57. The summed E-state index contributed by atoms with van der Waals surface area (Å²) in [6.45, 7) is 4.57. The van der Waals surface area contributed by atoms with Crippen LogP contribution in [0.1, 0.15) is 50.4 Å². The molecule has 0 radical (unpaired) electrons. The van der Waals surface area contributed by atoms with Gasteiger partial charge in [0.1, 0.15) is 0 Å². The predicted octanol–water partition coefficient (Wildman–Crippen LogP) is 7.60. The molecule has 1 amide bonds. The molecule has 2 heterocycles. The molecule has 5 aromatic rings. The van der Waals surface area contributed by atoms with Gasteiger partial charge in [-0.15, -0.1) is 0 Å². The highest BCUT2D eigenvalue weighted by atomic mass is 79.9. The van der Waals surface area contributed by atoms with Gasteiger partial charge in [-0.1, -0.05) is 58.4 Å². The third-order valence-electron chi connectivity index (χ3n) is 7.46. The van der Waals surface area contributed by atoms with Crippen molar-refractivity contribution in [3.8, 4) is 22.4 Å². The van der Waals surface area contributed by atoms with Crippen molar-refractivity contribution in [3.63, 3.8) is 0 Å². The van der Waals surface area contributed by atoms with Crippen molar-refractivity contribution in [2.75, 3.05) is 0 Å². The fraction of sp³-hybridized carbons (Fsp3) is 0.125. The molecule has 0 fully saturated rings. The number of nitrogens with one attached hydrogen (secondary N) is 1. The van der Waals surface area contributed by atoms with Crippen molar-refractivity contribution >= 4 is 38.7 Å². The Bertz CT molecular complexity index is 1750. The fourth-order valence-electron chi connectivity index (χ4n) is 5.49. The highest BCUT2D eigenvalue weighted by Crippen LogP contribution is 2.41. The minimum absolute atomic E-state index is 0.154. The van der Waals surface area contributed by atoms with E-state index in [0.717, 1.165) is 48.9 Å². The quantitative estimate of drug-likeness (QED) is 0.231. The SMILES string of the molecule is Cc1c2n(c3ccc(C(=O)NC(C)c4ccc(Br)cc4)cc13)Cc1ccccc1-c1ccc(C(=O)O)c-2c1. The van der Waals surface area contributed by atoms with Crippen LogP contribution < -0.4 is 5.32 Å². The van der Waals surface area contributed by atoms with Crippen molar-refractivity contribution in [1.82, 2.24) is 9.88 Å². The summed E-state index contributed by atoms with van der Waals surface area (Å²) in [6, 6.07) is 27.3. The molecule has 0 saturated carbocycles.